The van der Waals surface area contributed by atoms with Crippen LogP contribution in [0, 0.1) is 0 Å². The third-order valence-electron chi connectivity index (χ3n) is 2.84. The molecular formula is C13H9F5N2O3. The van der Waals surface area contributed by atoms with E-state index >= 15 is 0 Å². The molecule has 0 bridgehead atoms. The van der Waals surface area contributed by atoms with Gasteiger partial charge in [-0.1, -0.05) is 0 Å². The van der Waals surface area contributed by atoms with Crippen LogP contribution in [-0.4, -0.2) is 20.9 Å². The van der Waals surface area contributed by atoms with E-state index in [0.29, 0.717) is 0 Å². The lowest BCUT2D eigenvalue weighted by Gasteiger charge is -2.09. The number of aromatic carboxylic acids is 1. The summed E-state index contributed by atoms with van der Waals surface area (Å²) in [6.45, 7) is 0. The number of hydrogen-bond acceptors (Lipinski definition) is 3. The average Bonchev–Trinajstić information content (AvgIpc) is 2.76. The number of aromatic nitrogens is 2. The quantitative estimate of drug-likeness (QED) is 0.861. The van der Waals surface area contributed by atoms with Gasteiger partial charge in [0.1, 0.15) is 11.4 Å². The Morgan fingerprint density at radius 2 is 1.83 bits per heavy atom. The SMILES string of the molecule is Cn1nc(C(F)F)c(C(=O)O)c1Oc1ccc(C(F)(F)F)cc1. The molecule has 0 saturated carbocycles. The van der Waals surface area contributed by atoms with Gasteiger partial charge < -0.3 is 9.84 Å². The van der Waals surface area contributed by atoms with E-state index in [0.717, 1.165) is 28.9 Å². The van der Waals surface area contributed by atoms with Crippen LogP contribution in [0.2, 0.25) is 0 Å². The molecule has 0 saturated heterocycles. The number of alkyl halides is 5. The Bertz CT molecular complexity index is 722. The third-order valence-corrected chi connectivity index (χ3v) is 2.84. The van der Waals surface area contributed by atoms with E-state index in [1.807, 2.05) is 0 Å². The highest BCUT2D eigenvalue weighted by molar-refractivity contribution is 5.92. The smallest absolute Gasteiger partial charge is 0.416 e. The maximum atomic E-state index is 12.8. The van der Waals surface area contributed by atoms with E-state index in [2.05, 4.69) is 5.10 Å². The van der Waals surface area contributed by atoms with Gasteiger partial charge in [-0.25, -0.2) is 18.3 Å². The number of nitrogens with zero attached hydrogens (tertiary/aromatic N) is 2. The topological polar surface area (TPSA) is 64.4 Å². The Morgan fingerprint density at radius 1 is 1.26 bits per heavy atom. The molecule has 23 heavy (non-hydrogen) atoms. The standard InChI is InChI=1S/C13H9F5N2O3/c1-20-11(8(12(21)22)9(19-20)10(14)15)23-7-4-2-6(3-5-7)13(16,17)18/h2-5,10H,1H3,(H,21,22). The lowest BCUT2D eigenvalue weighted by molar-refractivity contribution is -0.137. The van der Waals surface area contributed by atoms with Crippen molar-refractivity contribution in [2.24, 2.45) is 7.05 Å². The lowest BCUT2D eigenvalue weighted by Crippen LogP contribution is -2.05. The summed E-state index contributed by atoms with van der Waals surface area (Å²) in [4.78, 5) is 11.1. The molecule has 0 spiro atoms. The van der Waals surface area contributed by atoms with E-state index in [1.54, 1.807) is 0 Å². The van der Waals surface area contributed by atoms with Gasteiger partial charge in [-0.15, -0.1) is 0 Å². The van der Waals surface area contributed by atoms with Crippen molar-refractivity contribution in [1.82, 2.24) is 9.78 Å². The molecule has 0 radical (unpaired) electrons. The highest BCUT2D eigenvalue weighted by Crippen LogP contribution is 2.34. The Labute approximate surface area is 125 Å². The summed E-state index contributed by atoms with van der Waals surface area (Å²) >= 11 is 0. The Morgan fingerprint density at radius 3 is 2.26 bits per heavy atom. The average molecular weight is 336 g/mol. The molecule has 0 aliphatic carbocycles. The number of benzene rings is 1. The van der Waals surface area contributed by atoms with Gasteiger partial charge in [-0.2, -0.15) is 18.3 Å². The predicted molar refractivity (Wildman–Crippen MR) is 66.6 cm³/mol. The van der Waals surface area contributed by atoms with Crippen molar-refractivity contribution in [2.45, 2.75) is 12.6 Å². The van der Waals surface area contributed by atoms with Crippen LogP contribution in [0.4, 0.5) is 22.0 Å². The molecule has 0 amide bonds. The highest BCUT2D eigenvalue weighted by atomic mass is 19.4. The Hall–Kier alpha value is -2.65. The molecule has 0 aliphatic rings. The van der Waals surface area contributed by atoms with Gasteiger partial charge in [0, 0.05) is 7.05 Å². The normalized spacial score (nSPS) is 11.8. The summed E-state index contributed by atoms with van der Waals surface area (Å²) in [7, 11) is 1.18. The molecule has 0 fully saturated rings. The predicted octanol–water partition coefficient (Wildman–Crippen LogP) is 3.87. The first-order valence-corrected chi connectivity index (χ1v) is 6.04. The summed E-state index contributed by atoms with van der Waals surface area (Å²) in [5, 5.41) is 12.4. The molecule has 124 valence electrons. The van der Waals surface area contributed by atoms with Gasteiger partial charge in [-0.05, 0) is 24.3 Å². The van der Waals surface area contributed by atoms with E-state index in [9.17, 15) is 26.7 Å². The summed E-state index contributed by atoms with van der Waals surface area (Å²) < 4.78 is 68.8. The van der Waals surface area contributed by atoms with Crippen LogP contribution in [-0.2, 0) is 13.2 Å². The van der Waals surface area contributed by atoms with Crippen LogP contribution in [0.25, 0.3) is 0 Å². The van der Waals surface area contributed by atoms with Crippen LogP contribution in [0.5, 0.6) is 11.6 Å². The second-order valence-electron chi connectivity index (χ2n) is 4.42. The molecule has 10 heteroatoms. The van der Waals surface area contributed by atoms with Gasteiger partial charge in [0.25, 0.3) is 6.43 Å². The maximum Gasteiger partial charge on any atom is 0.416 e. The minimum Gasteiger partial charge on any atom is -0.477 e. The van der Waals surface area contributed by atoms with Gasteiger partial charge >= 0.3 is 12.1 Å². The molecule has 0 atom stereocenters. The molecule has 2 aromatic rings. The minimum absolute atomic E-state index is 0.149. The lowest BCUT2D eigenvalue weighted by atomic mass is 10.2. The van der Waals surface area contributed by atoms with Crippen LogP contribution in [0.1, 0.15) is 28.0 Å². The summed E-state index contributed by atoms with van der Waals surface area (Å²) in [5.41, 5.74) is -2.76. The molecule has 1 N–H and O–H groups in total. The van der Waals surface area contributed by atoms with Crippen LogP contribution < -0.4 is 4.74 Å². The van der Waals surface area contributed by atoms with E-state index < -0.39 is 41.3 Å². The fourth-order valence-electron chi connectivity index (χ4n) is 1.82. The van der Waals surface area contributed by atoms with Crippen LogP contribution in [0.3, 0.4) is 0 Å². The van der Waals surface area contributed by atoms with Crippen molar-refractivity contribution in [3.8, 4) is 11.6 Å². The van der Waals surface area contributed by atoms with Crippen molar-refractivity contribution in [1.29, 1.82) is 0 Å². The van der Waals surface area contributed by atoms with Gasteiger partial charge in [0.2, 0.25) is 5.88 Å². The number of halogens is 5. The Kier molecular flexibility index (Phi) is 4.26. The monoisotopic (exact) mass is 336 g/mol. The number of carboxylic acid groups (broad SMARTS) is 1. The molecule has 1 aromatic heterocycles. The van der Waals surface area contributed by atoms with Gasteiger partial charge in [0.05, 0.1) is 5.56 Å². The number of carbonyl (C=O) groups is 1. The first-order chi connectivity index (χ1) is 10.6. The second-order valence-corrected chi connectivity index (χ2v) is 4.42. The van der Waals surface area contributed by atoms with Crippen LogP contribution >= 0.6 is 0 Å². The van der Waals surface area contributed by atoms with Gasteiger partial charge in [-0.3, -0.25) is 0 Å². The number of carboxylic acids is 1. The number of rotatable bonds is 4. The Balaban J connectivity index is 2.39. The van der Waals surface area contributed by atoms with Crippen LogP contribution in [0.15, 0.2) is 24.3 Å². The molecule has 1 aromatic carbocycles. The molecule has 1 heterocycles. The van der Waals surface area contributed by atoms with E-state index in [-0.39, 0.29) is 5.75 Å². The largest absolute Gasteiger partial charge is 0.477 e. The van der Waals surface area contributed by atoms with Crippen molar-refractivity contribution < 1.29 is 36.6 Å². The molecule has 0 aliphatic heterocycles. The summed E-state index contributed by atoms with van der Waals surface area (Å²) in [6.07, 6.45) is -7.68. The fraction of sp³-hybridized carbons (Fsp3) is 0.231. The first kappa shape index (κ1) is 16.7. The zero-order valence-electron chi connectivity index (χ0n) is 11.4. The fourth-order valence-corrected chi connectivity index (χ4v) is 1.82. The number of hydrogen-bond donors (Lipinski definition) is 1. The molecule has 2 rings (SSSR count). The summed E-state index contributed by atoms with van der Waals surface area (Å²) in [5.74, 6) is -2.34. The van der Waals surface area contributed by atoms with E-state index in [4.69, 9.17) is 9.84 Å². The number of aryl methyl sites for hydroxylation is 1. The van der Waals surface area contributed by atoms with E-state index in [1.165, 1.54) is 7.05 Å². The van der Waals surface area contributed by atoms with Gasteiger partial charge in [0.15, 0.2) is 5.56 Å². The molecule has 0 unspecified atom stereocenters. The van der Waals surface area contributed by atoms with Crippen molar-refractivity contribution in [3.05, 3.63) is 41.1 Å². The summed E-state index contributed by atoms with van der Waals surface area (Å²) in [6, 6.07) is 3.34. The highest BCUT2D eigenvalue weighted by Gasteiger charge is 2.31. The zero-order chi connectivity index (χ0) is 17.4. The first-order valence-electron chi connectivity index (χ1n) is 6.04. The molecular weight excluding hydrogens is 327 g/mol. The second kappa shape index (κ2) is 5.86. The van der Waals surface area contributed by atoms with Crippen molar-refractivity contribution >= 4 is 5.97 Å². The minimum atomic E-state index is -4.54. The zero-order valence-corrected chi connectivity index (χ0v) is 11.4. The third kappa shape index (κ3) is 3.41. The molecule has 5 nitrogen and oxygen atoms in total. The number of ether oxygens (including phenoxy) is 1. The van der Waals surface area contributed by atoms with Crippen molar-refractivity contribution in [3.63, 3.8) is 0 Å². The van der Waals surface area contributed by atoms with Crippen molar-refractivity contribution in [2.75, 3.05) is 0 Å². The maximum absolute atomic E-state index is 12.8.